The molecule has 2 aliphatic rings. The maximum Gasteiger partial charge on any atom is 0.0995 e. The molecule has 4 nitrogen and oxygen atoms in total. The Morgan fingerprint density at radius 1 is 1.25 bits per heavy atom. The second-order valence-corrected chi connectivity index (χ2v) is 6.01. The SMILES string of the molecule is N=C(N)C(CN1CCN2CCCC2C1)c1ccccc1. The molecule has 0 aromatic heterocycles. The first-order valence-electron chi connectivity index (χ1n) is 7.59. The Morgan fingerprint density at radius 2 is 2.05 bits per heavy atom. The first-order valence-corrected chi connectivity index (χ1v) is 7.59. The summed E-state index contributed by atoms with van der Waals surface area (Å²) >= 11 is 0. The predicted octanol–water partition coefficient (Wildman–Crippen LogP) is 1.49. The van der Waals surface area contributed by atoms with E-state index in [0.717, 1.165) is 31.2 Å². The van der Waals surface area contributed by atoms with Gasteiger partial charge in [0.05, 0.1) is 11.8 Å². The lowest BCUT2D eigenvalue weighted by Gasteiger charge is -2.38. The van der Waals surface area contributed by atoms with Crippen LogP contribution in [0.1, 0.15) is 24.3 Å². The van der Waals surface area contributed by atoms with Crippen LogP contribution in [0.3, 0.4) is 0 Å². The van der Waals surface area contributed by atoms with Crippen molar-refractivity contribution < 1.29 is 0 Å². The fourth-order valence-corrected chi connectivity index (χ4v) is 3.55. The van der Waals surface area contributed by atoms with Crippen LogP contribution in [0.4, 0.5) is 0 Å². The number of hydrogen-bond donors (Lipinski definition) is 2. The number of amidine groups is 1. The van der Waals surface area contributed by atoms with Gasteiger partial charge in [0.2, 0.25) is 0 Å². The molecule has 3 N–H and O–H groups in total. The fourth-order valence-electron chi connectivity index (χ4n) is 3.55. The van der Waals surface area contributed by atoms with Crippen LogP contribution in [-0.2, 0) is 0 Å². The molecule has 2 aliphatic heterocycles. The highest BCUT2D eigenvalue weighted by Crippen LogP contribution is 2.24. The maximum atomic E-state index is 7.90. The topological polar surface area (TPSA) is 56.4 Å². The summed E-state index contributed by atoms with van der Waals surface area (Å²) < 4.78 is 0. The van der Waals surface area contributed by atoms with E-state index in [-0.39, 0.29) is 11.8 Å². The van der Waals surface area contributed by atoms with Crippen LogP contribution >= 0.6 is 0 Å². The van der Waals surface area contributed by atoms with E-state index < -0.39 is 0 Å². The van der Waals surface area contributed by atoms with Crippen LogP contribution in [0.5, 0.6) is 0 Å². The Labute approximate surface area is 121 Å². The molecule has 4 heteroatoms. The Bertz CT molecular complexity index is 459. The van der Waals surface area contributed by atoms with Crippen molar-refractivity contribution in [3.8, 4) is 0 Å². The van der Waals surface area contributed by atoms with E-state index in [1.54, 1.807) is 0 Å². The summed E-state index contributed by atoms with van der Waals surface area (Å²) in [6.07, 6.45) is 2.67. The van der Waals surface area contributed by atoms with Crippen molar-refractivity contribution in [3.05, 3.63) is 35.9 Å². The van der Waals surface area contributed by atoms with Gasteiger partial charge in [-0.3, -0.25) is 15.2 Å². The van der Waals surface area contributed by atoms with Crippen LogP contribution in [0.2, 0.25) is 0 Å². The highest BCUT2D eigenvalue weighted by molar-refractivity contribution is 5.84. The van der Waals surface area contributed by atoms with Gasteiger partial charge in [0.15, 0.2) is 0 Å². The van der Waals surface area contributed by atoms with Gasteiger partial charge in [0.1, 0.15) is 0 Å². The van der Waals surface area contributed by atoms with Crippen molar-refractivity contribution in [1.82, 2.24) is 9.80 Å². The van der Waals surface area contributed by atoms with E-state index in [2.05, 4.69) is 21.9 Å². The number of hydrogen-bond acceptors (Lipinski definition) is 3. The molecule has 0 radical (unpaired) electrons. The maximum absolute atomic E-state index is 7.90. The monoisotopic (exact) mass is 272 g/mol. The van der Waals surface area contributed by atoms with E-state index >= 15 is 0 Å². The largest absolute Gasteiger partial charge is 0.387 e. The summed E-state index contributed by atoms with van der Waals surface area (Å²) in [7, 11) is 0. The molecule has 2 heterocycles. The predicted molar refractivity (Wildman–Crippen MR) is 82.1 cm³/mol. The number of nitrogens with one attached hydrogen (secondary N) is 1. The number of rotatable bonds is 4. The Balaban J connectivity index is 1.67. The minimum atomic E-state index is 0.0316. The molecule has 1 aromatic rings. The third kappa shape index (κ3) is 2.86. The van der Waals surface area contributed by atoms with Crippen molar-refractivity contribution >= 4 is 5.84 Å². The van der Waals surface area contributed by atoms with E-state index in [9.17, 15) is 0 Å². The molecule has 0 bridgehead atoms. The van der Waals surface area contributed by atoms with Crippen LogP contribution in [0.25, 0.3) is 0 Å². The first kappa shape index (κ1) is 13.6. The minimum Gasteiger partial charge on any atom is -0.387 e. The van der Waals surface area contributed by atoms with Gasteiger partial charge in [-0.1, -0.05) is 30.3 Å². The second-order valence-electron chi connectivity index (χ2n) is 6.01. The smallest absolute Gasteiger partial charge is 0.0995 e. The molecule has 2 unspecified atom stereocenters. The normalized spacial score (nSPS) is 25.3. The van der Waals surface area contributed by atoms with Crippen molar-refractivity contribution in [1.29, 1.82) is 5.41 Å². The van der Waals surface area contributed by atoms with Gasteiger partial charge < -0.3 is 5.73 Å². The van der Waals surface area contributed by atoms with Crippen LogP contribution in [0.15, 0.2) is 30.3 Å². The van der Waals surface area contributed by atoms with Gasteiger partial charge in [-0.25, -0.2) is 0 Å². The summed E-state index contributed by atoms with van der Waals surface area (Å²) in [6, 6.07) is 11.0. The molecule has 20 heavy (non-hydrogen) atoms. The van der Waals surface area contributed by atoms with Crippen molar-refractivity contribution in [2.75, 3.05) is 32.7 Å². The summed E-state index contributed by atoms with van der Waals surface area (Å²) in [5.41, 5.74) is 7.00. The Hall–Kier alpha value is -1.39. The average molecular weight is 272 g/mol. The van der Waals surface area contributed by atoms with Crippen molar-refractivity contribution in [2.24, 2.45) is 5.73 Å². The molecule has 108 valence electrons. The minimum absolute atomic E-state index is 0.0316. The Morgan fingerprint density at radius 3 is 2.80 bits per heavy atom. The molecule has 2 atom stereocenters. The third-order valence-corrected chi connectivity index (χ3v) is 4.69. The zero-order valence-electron chi connectivity index (χ0n) is 12.0. The van der Waals surface area contributed by atoms with Crippen LogP contribution in [-0.4, -0.2) is 54.4 Å². The number of benzene rings is 1. The zero-order valence-corrected chi connectivity index (χ0v) is 12.0. The Kier molecular flexibility index (Phi) is 4.03. The summed E-state index contributed by atoms with van der Waals surface area (Å²) in [6.45, 7) is 5.56. The molecular weight excluding hydrogens is 248 g/mol. The van der Waals surface area contributed by atoms with E-state index in [4.69, 9.17) is 11.1 Å². The molecule has 2 fully saturated rings. The molecule has 1 aromatic carbocycles. The first-order chi connectivity index (χ1) is 9.74. The number of nitrogens with two attached hydrogens (primary N) is 1. The molecule has 0 saturated carbocycles. The number of piperazine rings is 1. The summed E-state index contributed by atoms with van der Waals surface area (Å²) in [5, 5.41) is 7.90. The highest BCUT2D eigenvalue weighted by Gasteiger charge is 2.31. The van der Waals surface area contributed by atoms with Crippen LogP contribution < -0.4 is 5.73 Å². The second kappa shape index (κ2) is 5.94. The van der Waals surface area contributed by atoms with Gasteiger partial charge in [0.25, 0.3) is 0 Å². The van der Waals surface area contributed by atoms with Crippen molar-refractivity contribution in [2.45, 2.75) is 24.8 Å². The molecule has 2 saturated heterocycles. The molecule has 0 aliphatic carbocycles. The molecule has 3 rings (SSSR count). The summed E-state index contributed by atoms with van der Waals surface area (Å²) in [4.78, 5) is 5.10. The van der Waals surface area contributed by atoms with E-state index in [0.29, 0.717) is 0 Å². The van der Waals surface area contributed by atoms with Crippen molar-refractivity contribution in [3.63, 3.8) is 0 Å². The zero-order chi connectivity index (χ0) is 13.9. The van der Waals surface area contributed by atoms with E-state index in [1.165, 1.54) is 25.9 Å². The lowest BCUT2D eigenvalue weighted by Crippen LogP contribution is -2.51. The number of nitrogens with zero attached hydrogens (tertiary/aromatic N) is 2. The third-order valence-electron chi connectivity index (χ3n) is 4.69. The quantitative estimate of drug-likeness (QED) is 0.645. The van der Waals surface area contributed by atoms with Gasteiger partial charge >= 0.3 is 0 Å². The molecular formula is C16H24N4. The van der Waals surface area contributed by atoms with Gasteiger partial charge in [0, 0.05) is 32.2 Å². The fraction of sp³-hybridized carbons (Fsp3) is 0.562. The standard InChI is InChI=1S/C16H24N4/c17-16(18)15(13-5-2-1-3-6-13)12-19-9-10-20-8-4-7-14(20)11-19/h1-3,5-6,14-15H,4,7-12H2,(H3,17,18). The highest BCUT2D eigenvalue weighted by atomic mass is 15.3. The van der Waals surface area contributed by atoms with Gasteiger partial charge in [-0.2, -0.15) is 0 Å². The van der Waals surface area contributed by atoms with Gasteiger partial charge in [-0.05, 0) is 24.9 Å². The molecule has 0 spiro atoms. The number of fused-ring (bicyclic) bond motifs is 1. The van der Waals surface area contributed by atoms with Crippen LogP contribution in [0, 0.1) is 5.41 Å². The average Bonchev–Trinajstić information content (AvgIpc) is 2.93. The molecule has 0 amide bonds. The van der Waals surface area contributed by atoms with E-state index in [1.807, 2.05) is 18.2 Å². The lowest BCUT2D eigenvalue weighted by atomic mass is 9.96. The summed E-state index contributed by atoms with van der Waals surface area (Å²) in [5.74, 6) is 0.314. The van der Waals surface area contributed by atoms with Gasteiger partial charge in [-0.15, -0.1) is 0 Å². The lowest BCUT2D eigenvalue weighted by molar-refractivity contribution is 0.104.